The lowest BCUT2D eigenvalue weighted by atomic mass is 10.1. The van der Waals surface area contributed by atoms with Gasteiger partial charge in [-0.2, -0.15) is 0 Å². The van der Waals surface area contributed by atoms with Crippen LogP contribution in [0, 0.1) is 11.7 Å². The molecule has 128 valence electrons. The molecule has 0 aliphatic carbocycles. The third-order valence-electron chi connectivity index (χ3n) is 4.53. The molecule has 1 fully saturated rings. The standard InChI is InChI=1S/C20H24FNO2/c21-19-9-5-4-8-18(19)20(23)13-22-11-10-17(12-22)15-24-14-16-6-2-1-3-7-16/h1-9,17,20,23H,10-15H2. The molecule has 2 unspecified atom stereocenters. The molecule has 0 radical (unpaired) electrons. The van der Waals surface area contributed by atoms with E-state index < -0.39 is 6.10 Å². The van der Waals surface area contributed by atoms with Crippen LogP contribution < -0.4 is 0 Å². The van der Waals surface area contributed by atoms with Crippen molar-refractivity contribution >= 4 is 0 Å². The molecule has 1 heterocycles. The van der Waals surface area contributed by atoms with Crippen LogP contribution in [0.25, 0.3) is 0 Å². The van der Waals surface area contributed by atoms with Crippen LogP contribution in [0.1, 0.15) is 23.7 Å². The molecular weight excluding hydrogens is 305 g/mol. The van der Waals surface area contributed by atoms with Crippen LogP contribution in [-0.2, 0) is 11.3 Å². The maximum atomic E-state index is 13.7. The fourth-order valence-corrected chi connectivity index (χ4v) is 3.22. The Kier molecular flexibility index (Phi) is 5.96. The van der Waals surface area contributed by atoms with Crippen molar-refractivity contribution < 1.29 is 14.2 Å². The van der Waals surface area contributed by atoms with Crippen molar-refractivity contribution in [3.63, 3.8) is 0 Å². The summed E-state index contributed by atoms with van der Waals surface area (Å²) in [5.41, 5.74) is 1.56. The van der Waals surface area contributed by atoms with E-state index in [1.807, 2.05) is 18.2 Å². The zero-order valence-electron chi connectivity index (χ0n) is 13.8. The van der Waals surface area contributed by atoms with Gasteiger partial charge in [0.2, 0.25) is 0 Å². The molecule has 4 heteroatoms. The first-order valence-corrected chi connectivity index (χ1v) is 8.49. The molecule has 0 bridgehead atoms. The van der Waals surface area contributed by atoms with Crippen molar-refractivity contribution in [1.82, 2.24) is 4.90 Å². The van der Waals surface area contributed by atoms with Crippen LogP contribution in [0.2, 0.25) is 0 Å². The van der Waals surface area contributed by atoms with Gasteiger partial charge in [0.05, 0.1) is 19.3 Å². The van der Waals surface area contributed by atoms with Gasteiger partial charge in [0, 0.05) is 18.7 Å². The second-order valence-electron chi connectivity index (χ2n) is 6.45. The highest BCUT2D eigenvalue weighted by atomic mass is 19.1. The zero-order chi connectivity index (χ0) is 16.8. The number of rotatable bonds is 7. The Morgan fingerprint density at radius 2 is 1.88 bits per heavy atom. The molecule has 1 saturated heterocycles. The number of β-amino-alcohol motifs (C(OH)–C–C–N with tert-alkyl or cyclic N) is 1. The zero-order valence-corrected chi connectivity index (χ0v) is 13.8. The van der Waals surface area contributed by atoms with E-state index in [-0.39, 0.29) is 5.82 Å². The molecule has 0 spiro atoms. The average Bonchev–Trinajstić information content (AvgIpc) is 3.03. The third-order valence-corrected chi connectivity index (χ3v) is 4.53. The van der Waals surface area contributed by atoms with E-state index in [0.29, 0.717) is 24.6 Å². The molecule has 0 saturated carbocycles. The predicted octanol–water partition coefficient (Wildman–Crippen LogP) is 3.40. The monoisotopic (exact) mass is 329 g/mol. The highest BCUT2D eigenvalue weighted by molar-refractivity contribution is 5.20. The smallest absolute Gasteiger partial charge is 0.129 e. The van der Waals surface area contributed by atoms with Crippen molar-refractivity contribution in [2.24, 2.45) is 5.92 Å². The summed E-state index contributed by atoms with van der Waals surface area (Å²) < 4.78 is 19.5. The molecule has 0 aromatic heterocycles. The summed E-state index contributed by atoms with van der Waals surface area (Å²) in [7, 11) is 0. The summed E-state index contributed by atoms with van der Waals surface area (Å²) in [4.78, 5) is 2.19. The second-order valence-corrected chi connectivity index (χ2v) is 6.45. The van der Waals surface area contributed by atoms with Crippen LogP contribution in [0.5, 0.6) is 0 Å². The Morgan fingerprint density at radius 1 is 1.12 bits per heavy atom. The van der Waals surface area contributed by atoms with Crippen LogP contribution in [0.4, 0.5) is 4.39 Å². The minimum atomic E-state index is -0.782. The fraction of sp³-hybridized carbons (Fsp3) is 0.400. The number of ether oxygens (including phenoxy) is 1. The molecule has 2 aromatic carbocycles. The van der Waals surface area contributed by atoms with Crippen LogP contribution in [0.15, 0.2) is 54.6 Å². The van der Waals surface area contributed by atoms with Gasteiger partial charge in [-0.25, -0.2) is 4.39 Å². The fourth-order valence-electron chi connectivity index (χ4n) is 3.22. The first kappa shape index (κ1) is 17.1. The number of aliphatic hydroxyl groups excluding tert-OH is 1. The van der Waals surface area contributed by atoms with Crippen molar-refractivity contribution in [2.75, 3.05) is 26.2 Å². The molecule has 1 N–H and O–H groups in total. The van der Waals surface area contributed by atoms with Crippen LogP contribution >= 0.6 is 0 Å². The number of nitrogens with zero attached hydrogens (tertiary/aromatic N) is 1. The van der Waals surface area contributed by atoms with E-state index in [2.05, 4.69) is 17.0 Å². The first-order chi connectivity index (χ1) is 11.7. The molecule has 2 atom stereocenters. The highest BCUT2D eigenvalue weighted by Crippen LogP contribution is 2.22. The van der Waals surface area contributed by atoms with Gasteiger partial charge in [-0.15, -0.1) is 0 Å². The maximum Gasteiger partial charge on any atom is 0.129 e. The van der Waals surface area contributed by atoms with Crippen molar-refractivity contribution in [3.8, 4) is 0 Å². The minimum absolute atomic E-state index is 0.341. The van der Waals surface area contributed by atoms with Gasteiger partial charge in [-0.1, -0.05) is 48.5 Å². The summed E-state index contributed by atoms with van der Waals surface area (Å²) in [6.07, 6.45) is 0.272. The molecule has 3 nitrogen and oxygen atoms in total. The first-order valence-electron chi connectivity index (χ1n) is 8.49. The molecule has 1 aliphatic rings. The Morgan fingerprint density at radius 3 is 2.67 bits per heavy atom. The van der Waals surface area contributed by atoms with Gasteiger partial charge in [-0.3, -0.25) is 0 Å². The largest absolute Gasteiger partial charge is 0.387 e. The van der Waals surface area contributed by atoms with Crippen LogP contribution in [0.3, 0.4) is 0 Å². The van der Waals surface area contributed by atoms with Gasteiger partial charge in [0.1, 0.15) is 5.82 Å². The number of likely N-dealkylation sites (tertiary alicyclic amines) is 1. The lowest BCUT2D eigenvalue weighted by molar-refractivity contribution is 0.0826. The second kappa shape index (κ2) is 8.38. The van der Waals surface area contributed by atoms with E-state index in [9.17, 15) is 9.50 Å². The number of halogens is 1. The van der Waals surface area contributed by atoms with Gasteiger partial charge in [0.15, 0.2) is 0 Å². The topological polar surface area (TPSA) is 32.7 Å². The molecular formula is C20H24FNO2. The van der Waals surface area contributed by atoms with Crippen LogP contribution in [-0.4, -0.2) is 36.2 Å². The SMILES string of the molecule is OC(CN1CCC(COCc2ccccc2)C1)c1ccccc1F. The number of hydrogen-bond donors (Lipinski definition) is 1. The van der Waals surface area contributed by atoms with Crippen molar-refractivity contribution in [2.45, 2.75) is 19.1 Å². The number of hydrogen-bond acceptors (Lipinski definition) is 3. The molecule has 3 rings (SSSR count). The van der Waals surface area contributed by atoms with E-state index in [0.717, 1.165) is 26.1 Å². The van der Waals surface area contributed by atoms with Gasteiger partial charge in [0.25, 0.3) is 0 Å². The lowest BCUT2D eigenvalue weighted by Gasteiger charge is -2.20. The van der Waals surface area contributed by atoms with E-state index in [1.54, 1.807) is 18.2 Å². The van der Waals surface area contributed by atoms with E-state index in [4.69, 9.17) is 4.74 Å². The molecule has 24 heavy (non-hydrogen) atoms. The number of aliphatic hydroxyl groups is 1. The molecule has 2 aromatic rings. The normalized spacial score (nSPS) is 19.5. The van der Waals surface area contributed by atoms with E-state index in [1.165, 1.54) is 11.6 Å². The minimum Gasteiger partial charge on any atom is -0.387 e. The Bertz CT molecular complexity index is 635. The maximum absolute atomic E-state index is 13.7. The Labute approximate surface area is 142 Å². The molecule has 1 aliphatic heterocycles. The summed E-state index contributed by atoms with van der Waals surface area (Å²) in [6.45, 7) is 3.64. The summed E-state index contributed by atoms with van der Waals surface area (Å²) in [5, 5.41) is 10.3. The third kappa shape index (κ3) is 4.63. The predicted molar refractivity (Wildman–Crippen MR) is 92.0 cm³/mol. The number of benzene rings is 2. The average molecular weight is 329 g/mol. The van der Waals surface area contributed by atoms with Gasteiger partial charge < -0.3 is 14.7 Å². The Hall–Kier alpha value is -1.75. The molecule has 0 amide bonds. The van der Waals surface area contributed by atoms with Crippen molar-refractivity contribution in [3.05, 3.63) is 71.5 Å². The van der Waals surface area contributed by atoms with Crippen molar-refractivity contribution in [1.29, 1.82) is 0 Å². The summed E-state index contributed by atoms with van der Waals surface area (Å²) >= 11 is 0. The Balaban J connectivity index is 1.41. The van der Waals surface area contributed by atoms with E-state index >= 15 is 0 Å². The quantitative estimate of drug-likeness (QED) is 0.845. The highest BCUT2D eigenvalue weighted by Gasteiger charge is 2.25. The summed E-state index contributed by atoms with van der Waals surface area (Å²) in [6, 6.07) is 16.6. The summed E-state index contributed by atoms with van der Waals surface area (Å²) in [5.74, 6) is 0.133. The van der Waals surface area contributed by atoms with Gasteiger partial charge in [-0.05, 0) is 30.5 Å². The van der Waals surface area contributed by atoms with Gasteiger partial charge >= 0.3 is 0 Å². The lowest BCUT2D eigenvalue weighted by Crippen LogP contribution is -2.27.